The second-order valence-electron chi connectivity index (χ2n) is 4.45. The molecule has 0 heterocycles. The number of nitrogens with one attached hydrogen (secondary N) is 2. The van der Waals surface area contributed by atoms with Crippen molar-refractivity contribution in [3.63, 3.8) is 0 Å². The van der Waals surface area contributed by atoms with Crippen molar-refractivity contribution in [3.05, 3.63) is 0 Å². The van der Waals surface area contributed by atoms with Gasteiger partial charge in [0.2, 0.25) is 5.91 Å². The van der Waals surface area contributed by atoms with E-state index in [4.69, 9.17) is 5.11 Å². The molecule has 1 atom stereocenters. The number of carboxylic acid groups (broad SMARTS) is 1. The molecule has 15 heavy (non-hydrogen) atoms. The van der Waals surface area contributed by atoms with Crippen molar-refractivity contribution in [1.82, 2.24) is 10.6 Å². The molecule has 0 saturated carbocycles. The number of rotatable bonds is 5. The van der Waals surface area contributed by atoms with Crippen LogP contribution in [-0.2, 0) is 9.59 Å². The van der Waals surface area contributed by atoms with Crippen molar-refractivity contribution in [1.29, 1.82) is 0 Å². The van der Waals surface area contributed by atoms with Gasteiger partial charge in [0.15, 0.2) is 0 Å². The molecule has 0 bridgehead atoms. The highest BCUT2D eigenvalue weighted by molar-refractivity contribution is 5.84. The number of carbonyl (C=O) groups excluding carboxylic acids is 1. The van der Waals surface area contributed by atoms with Crippen LogP contribution in [0, 0.1) is 0 Å². The number of likely N-dealkylation sites (N-methyl/N-ethyl adjacent to an activating group) is 1. The Bertz CT molecular complexity index is 233. The third-order valence-corrected chi connectivity index (χ3v) is 1.65. The number of hydrogen-bond donors (Lipinski definition) is 3. The van der Waals surface area contributed by atoms with Gasteiger partial charge in [0, 0.05) is 5.54 Å². The first-order valence-corrected chi connectivity index (χ1v) is 5.03. The van der Waals surface area contributed by atoms with E-state index in [0.29, 0.717) is 6.54 Å². The van der Waals surface area contributed by atoms with E-state index in [0.717, 1.165) is 0 Å². The zero-order valence-corrected chi connectivity index (χ0v) is 9.76. The number of hydrogen-bond acceptors (Lipinski definition) is 3. The molecule has 0 aromatic heterocycles. The van der Waals surface area contributed by atoms with Gasteiger partial charge in [-0.15, -0.1) is 0 Å². The highest BCUT2D eigenvalue weighted by atomic mass is 16.4. The minimum atomic E-state index is -0.999. The molecule has 1 unspecified atom stereocenters. The standard InChI is InChI=1S/C10H20N2O3/c1-5-11-7(9(14)15)6-8(13)12-10(2,3)4/h7,11H,5-6H2,1-4H3,(H,12,13)(H,14,15). The molecule has 0 saturated heterocycles. The van der Waals surface area contributed by atoms with Gasteiger partial charge in [-0.3, -0.25) is 9.59 Å². The molecule has 5 heteroatoms. The summed E-state index contributed by atoms with van der Waals surface area (Å²) >= 11 is 0. The van der Waals surface area contributed by atoms with Crippen molar-refractivity contribution in [2.45, 2.75) is 45.7 Å². The average Bonchev–Trinajstić information content (AvgIpc) is 1.99. The Hall–Kier alpha value is -1.10. The predicted octanol–water partition coefficient (Wildman–Crippen LogP) is 0.354. The Balaban J connectivity index is 4.18. The van der Waals surface area contributed by atoms with Gasteiger partial charge in [0.1, 0.15) is 6.04 Å². The van der Waals surface area contributed by atoms with Crippen LogP contribution in [0.5, 0.6) is 0 Å². The molecule has 88 valence electrons. The van der Waals surface area contributed by atoms with E-state index in [1.54, 1.807) is 6.92 Å². The summed E-state index contributed by atoms with van der Waals surface area (Å²) < 4.78 is 0. The topological polar surface area (TPSA) is 78.4 Å². The van der Waals surface area contributed by atoms with Crippen molar-refractivity contribution in [3.8, 4) is 0 Å². The first-order valence-electron chi connectivity index (χ1n) is 5.03. The third kappa shape index (κ3) is 6.90. The maximum absolute atomic E-state index is 11.4. The summed E-state index contributed by atoms with van der Waals surface area (Å²) in [5.74, 6) is -1.25. The van der Waals surface area contributed by atoms with E-state index in [-0.39, 0.29) is 17.9 Å². The van der Waals surface area contributed by atoms with Crippen LogP contribution in [0.4, 0.5) is 0 Å². The fourth-order valence-corrected chi connectivity index (χ4v) is 1.15. The predicted molar refractivity (Wildman–Crippen MR) is 57.6 cm³/mol. The Morgan fingerprint density at radius 1 is 1.33 bits per heavy atom. The second kappa shape index (κ2) is 5.70. The van der Waals surface area contributed by atoms with Gasteiger partial charge in [-0.25, -0.2) is 0 Å². The SMILES string of the molecule is CCNC(CC(=O)NC(C)(C)C)C(=O)O. The summed E-state index contributed by atoms with van der Waals surface area (Å²) in [4.78, 5) is 22.2. The van der Waals surface area contributed by atoms with Crippen LogP contribution >= 0.6 is 0 Å². The van der Waals surface area contributed by atoms with Gasteiger partial charge in [-0.05, 0) is 27.3 Å². The van der Waals surface area contributed by atoms with Gasteiger partial charge in [-0.2, -0.15) is 0 Å². The molecule has 0 spiro atoms. The summed E-state index contributed by atoms with van der Waals surface area (Å²) in [5.41, 5.74) is -0.327. The molecule has 0 aromatic rings. The van der Waals surface area contributed by atoms with Gasteiger partial charge in [0.05, 0.1) is 6.42 Å². The fraction of sp³-hybridized carbons (Fsp3) is 0.800. The zero-order valence-electron chi connectivity index (χ0n) is 9.76. The Kier molecular flexibility index (Phi) is 5.28. The first-order chi connectivity index (χ1) is 6.76. The molecular formula is C10H20N2O3. The molecule has 0 radical (unpaired) electrons. The van der Waals surface area contributed by atoms with E-state index in [2.05, 4.69) is 10.6 Å². The lowest BCUT2D eigenvalue weighted by Gasteiger charge is -2.22. The average molecular weight is 216 g/mol. The van der Waals surface area contributed by atoms with Crippen molar-refractivity contribution in [2.24, 2.45) is 0 Å². The highest BCUT2D eigenvalue weighted by Crippen LogP contribution is 2.01. The van der Waals surface area contributed by atoms with Crippen molar-refractivity contribution >= 4 is 11.9 Å². The Labute approximate surface area is 90.2 Å². The normalized spacial score (nSPS) is 13.3. The molecule has 0 aliphatic heterocycles. The molecule has 1 amide bonds. The van der Waals surface area contributed by atoms with Crippen LogP contribution in [0.25, 0.3) is 0 Å². The molecule has 0 aliphatic carbocycles. The highest BCUT2D eigenvalue weighted by Gasteiger charge is 2.22. The minimum Gasteiger partial charge on any atom is -0.480 e. The fourth-order valence-electron chi connectivity index (χ4n) is 1.15. The van der Waals surface area contributed by atoms with Crippen LogP contribution in [0.3, 0.4) is 0 Å². The van der Waals surface area contributed by atoms with E-state index in [1.165, 1.54) is 0 Å². The third-order valence-electron chi connectivity index (χ3n) is 1.65. The van der Waals surface area contributed by atoms with Crippen LogP contribution in [-0.4, -0.2) is 35.1 Å². The smallest absolute Gasteiger partial charge is 0.321 e. The van der Waals surface area contributed by atoms with Gasteiger partial charge < -0.3 is 15.7 Å². The van der Waals surface area contributed by atoms with Crippen LogP contribution in [0.2, 0.25) is 0 Å². The summed E-state index contributed by atoms with van der Waals surface area (Å²) in [6.07, 6.45) is -0.0412. The van der Waals surface area contributed by atoms with E-state index in [1.807, 2.05) is 20.8 Å². The van der Waals surface area contributed by atoms with Gasteiger partial charge in [-0.1, -0.05) is 6.92 Å². The second-order valence-corrected chi connectivity index (χ2v) is 4.45. The lowest BCUT2D eigenvalue weighted by atomic mass is 10.1. The summed E-state index contributed by atoms with van der Waals surface area (Å²) in [7, 11) is 0. The molecule has 0 rings (SSSR count). The summed E-state index contributed by atoms with van der Waals surface area (Å²) in [6, 6.07) is -0.808. The van der Waals surface area contributed by atoms with Gasteiger partial charge in [0.25, 0.3) is 0 Å². The molecule has 5 nitrogen and oxygen atoms in total. The lowest BCUT2D eigenvalue weighted by Crippen LogP contribution is -2.46. The van der Waals surface area contributed by atoms with Crippen LogP contribution < -0.4 is 10.6 Å². The van der Waals surface area contributed by atoms with Crippen molar-refractivity contribution in [2.75, 3.05) is 6.54 Å². The molecule has 3 N–H and O–H groups in total. The molecular weight excluding hydrogens is 196 g/mol. The number of carbonyl (C=O) groups is 2. The van der Waals surface area contributed by atoms with E-state index < -0.39 is 12.0 Å². The number of amides is 1. The Morgan fingerprint density at radius 3 is 2.20 bits per heavy atom. The molecule has 0 aliphatic rings. The van der Waals surface area contributed by atoms with E-state index >= 15 is 0 Å². The van der Waals surface area contributed by atoms with Crippen molar-refractivity contribution < 1.29 is 14.7 Å². The lowest BCUT2D eigenvalue weighted by molar-refractivity contribution is -0.141. The maximum atomic E-state index is 11.4. The van der Waals surface area contributed by atoms with Crippen LogP contribution in [0.1, 0.15) is 34.1 Å². The molecule has 0 aromatic carbocycles. The maximum Gasteiger partial charge on any atom is 0.321 e. The largest absolute Gasteiger partial charge is 0.480 e. The minimum absolute atomic E-state index is 0.0412. The quantitative estimate of drug-likeness (QED) is 0.620. The van der Waals surface area contributed by atoms with E-state index in [9.17, 15) is 9.59 Å². The molecule has 0 fully saturated rings. The van der Waals surface area contributed by atoms with Crippen LogP contribution in [0.15, 0.2) is 0 Å². The zero-order chi connectivity index (χ0) is 12.1. The van der Waals surface area contributed by atoms with Gasteiger partial charge >= 0.3 is 5.97 Å². The first kappa shape index (κ1) is 13.9. The monoisotopic (exact) mass is 216 g/mol. The Morgan fingerprint density at radius 2 is 1.87 bits per heavy atom. The summed E-state index contributed by atoms with van der Waals surface area (Å²) in [6.45, 7) is 7.90. The number of aliphatic carboxylic acids is 1. The summed E-state index contributed by atoms with van der Waals surface area (Å²) in [5, 5.41) is 14.3. The number of carboxylic acids is 1.